The van der Waals surface area contributed by atoms with Crippen molar-refractivity contribution in [2.45, 2.75) is 6.42 Å². The van der Waals surface area contributed by atoms with E-state index in [1.165, 1.54) is 6.07 Å². The van der Waals surface area contributed by atoms with Crippen molar-refractivity contribution in [3.05, 3.63) is 58.3 Å². The average Bonchev–Trinajstić information content (AvgIpc) is 2.56. The molecule has 0 aliphatic carbocycles. The third-order valence-corrected chi connectivity index (χ3v) is 3.19. The SMILES string of the molecule is O=[N+]([O-])c1ccccc1Oc1ncccc1C1=NCCCN1. The molecule has 1 aliphatic heterocycles. The fraction of sp³-hybridized carbons (Fsp3) is 0.200. The molecule has 112 valence electrons. The fourth-order valence-electron chi connectivity index (χ4n) is 2.16. The zero-order chi connectivity index (χ0) is 15.4. The maximum absolute atomic E-state index is 11.1. The zero-order valence-corrected chi connectivity index (χ0v) is 11.7. The van der Waals surface area contributed by atoms with Crippen LogP contribution in [0.1, 0.15) is 12.0 Å². The summed E-state index contributed by atoms with van der Waals surface area (Å²) in [5.41, 5.74) is 0.595. The van der Waals surface area contributed by atoms with Gasteiger partial charge < -0.3 is 10.1 Å². The number of rotatable bonds is 4. The summed E-state index contributed by atoms with van der Waals surface area (Å²) >= 11 is 0. The Hall–Kier alpha value is -2.96. The smallest absolute Gasteiger partial charge is 0.311 e. The molecule has 1 N–H and O–H groups in total. The van der Waals surface area contributed by atoms with Crippen molar-refractivity contribution in [1.29, 1.82) is 0 Å². The highest BCUT2D eigenvalue weighted by Gasteiger charge is 2.19. The van der Waals surface area contributed by atoms with E-state index in [4.69, 9.17) is 4.74 Å². The van der Waals surface area contributed by atoms with Gasteiger partial charge in [0.25, 0.3) is 0 Å². The lowest BCUT2D eigenvalue weighted by atomic mass is 10.2. The Morgan fingerprint density at radius 1 is 1.23 bits per heavy atom. The molecule has 1 aromatic heterocycles. The van der Waals surface area contributed by atoms with Crippen molar-refractivity contribution < 1.29 is 9.66 Å². The summed E-state index contributed by atoms with van der Waals surface area (Å²) in [5.74, 6) is 1.15. The van der Waals surface area contributed by atoms with Gasteiger partial charge in [0.1, 0.15) is 5.84 Å². The molecular formula is C15H14N4O3. The molecule has 2 aromatic rings. The van der Waals surface area contributed by atoms with Crippen LogP contribution in [0.3, 0.4) is 0 Å². The van der Waals surface area contributed by atoms with Gasteiger partial charge in [0.2, 0.25) is 11.6 Å². The van der Waals surface area contributed by atoms with Crippen molar-refractivity contribution in [3.8, 4) is 11.6 Å². The van der Waals surface area contributed by atoms with Crippen LogP contribution in [0.2, 0.25) is 0 Å². The van der Waals surface area contributed by atoms with Crippen LogP contribution in [-0.4, -0.2) is 28.8 Å². The van der Waals surface area contributed by atoms with Gasteiger partial charge in [-0.05, 0) is 24.6 Å². The summed E-state index contributed by atoms with van der Waals surface area (Å²) in [6.07, 6.45) is 2.56. The Kier molecular flexibility index (Phi) is 3.95. The number of nitro groups is 1. The summed E-state index contributed by atoms with van der Waals surface area (Å²) in [6.45, 7) is 1.57. The average molecular weight is 298 g/mol. The molecule has 0 unspecified atom stereocenters. The molecule has 0 spiro atoms. The fourth-order valence-corrected chi connectivity index (χ4v) is 2.16. The van der Waals surface area contributed by atoms with Gasteiger partial charge in [-0.3, -0.25) is 15.1 Å². The second kappa shape index (κ2) is 6.21. The molecule has 0 bridgehead atoms. The molecule has 1 aliphatic rings. The molecule has 22 heavy (non-hydrogen) atoms. The Labute approximate surface area is 126 Å². The molecule has 0 saturated heterocycles. The molecule has 0 atom stereocenters. The first-order valence-electron chi connectivity index (χ1n) is 6.90. The molecule has 3 rings (SSSR count). The van der Waals surface area contributed by atoms with Gasteiger partial charge in [0, 0.05) is 25.4 Å². The number of benzene rings is 1. The van der Waals surface area contributed by atoms with Gasteiger partial charge >= 0.3 is 5.69 Å². The van der Waals surface area contributed by atoms with Crippen LogP contribution < -0.4 is 10.1 Å². The molecule has 0 fully saturated rings. The Morgan fingerprint density at radius 3 is 2.86 bits per heavy atom. The maximum Gasteiger partial charge on any atom is 0.311 e. The standard InChI is InChI=1S/C15H14N4O3/c20-19(21)12-6-1-2-7-13(12)22-15-11(5-3-8-18-15)14-16-9-4-10-17-14/h1-3,5-8H,4,9-10H2,(H,16,17). The summed E-state index contributed by atoms with van der Waals surface area (Å²) in [6, 6.07) is 9.83. The van der Waals surface area contributed by atoms with Crippen LogP contribution in [0.5, 0.6) is 11.6 Å². The van der Waals surface area contributed by atoms with E-state index in [0.29, 0.717) is 17.3 Å². The van der Waals surface area contributed by atoms with Gasteiger partial charge in [-0.25, -0.2) is 4.98 Å². The number of para-hydroxylation sites is 2. The highest BCUT2D eigenvalue weighted by molar-refractivity contribution is 6.01. The van der Waals surface area contributed by atoms with Crippen LogP contribution in [0.4, 0.5) is 5.69 Å². The van der Waals surface area contributed by atoms with Crippen LogP contribution >= 0.6 is 0 Å². The van der Waals surface area contributed by atoms with Crippen LogP contribution in [-0.2, 0) is 0 Å². The highest BCUT2D eigenvalue weighted by Crippen LogP contribution is 2.31. The second-order valence-electron chi connectivity index (χ2n) is 4.69. The first kappa shape index (κ1) is 14.0. The van der Waals surface area contributed by atoms with Gasteiger partial charge in [-0.2, -0.15) is 0 Å². The molecule has 0 radical (unpaired) electrons. The quantitative estimate of drug-likeness (QED) is 0.692. The van der Waals surface area contributed by atoms with E-state index in [0.717, 1.165) is 19.5 Å². The minimum absolute atomic E-state index is 0.0994. The molecular weight excluding hydrogens is 284 g/mol. The number of aliphatic imine (C=N–C) groups is 1. The number of ether oxygens (including phenoxy) is 1. The molecule has 2 heterocycles. The van der Waals surface area contributed by atoms with E-state index in [1.807, 2.05) is 6.07 Å². The normalized spacial score (nSPS) is 13.9. The van der Waals surface area contributed by atoms with E-state index < -0.39 is 4.92 Å². The number of amidine groups is 1. The summed E-state index contributed by atoms with van der Waals surface area (Å²) < 4.78 is 5.68. The zero-order valence-electron chi connectivity index (χ0n) is 11.7. The van der Waals surface area contributed by atoms with Crippen LogP contribution in [0, 0.1) is 10.1 Å². The molecule has 1 aromatic carbocycles. The number of pyridine rings is 1. The van der Waals surface area contributed by atoms with Gasteiger partial charge in [-0.15, -0.1) is 0 Å². The van der Waals surface area contributed by atoms with Crippen molar-refractivity contribution in [3.63, 3.8) is 0 Å². The minimum Gasteiger partial charge on any atom is -0.431 e. The Bertz CT molecular complexity index is 730. The lowest BCUT2D eigenvalue weighted by Crippen LogP contribution is -2.30. The number of aromatic nitrogens is 1. The number of hydrogen-bond acceptors (Lipinski definition) is 6. The van der Waals surface area contributed by atoms with Gasteiger partial charge in [-0.1, -0.05) is 12.1 Å². The van der Waals surface area contributed by atoms with Gasteiger partial charge in [0.05, 0.1) is 10.5 Å². The first-order valence-corrected chi connectivity index (χ1v) is 6.90. The predicted molar refractivity (Wildman–Crippen MR) is 81.4 cm³/mol. The summed E-state index contributed by atoms with van der Waals surface area (Å²) in [4.78, 5) is 19.2. The molecule has 7 nitrogen and oxygen atoms in total. The minimum atomic E-state index is -0.478. The summed E-state index contributed by atoms with van der Waals surface area (Å²) in [7, 11) is 0. The lowest BCUT2D eigenvalue weighted by molar-refractivity contribution is -0.385. The van der Waals surface area contributed by atoms with E-state index >= 15 is 0 Å². The van der Waals surface area contributed by atoms with Crippen LogP contribution in [0.25, 0.3) is 0 Å². The maximum atomic E-state index is 11.1. The monoisotopic (exact) mass is 298 g/mol. The number of nitrogens with zero attached hydrogens (tertiary/aromatic N) is 3. The molecule has 0 amide bonds. The van der Waals surface area contributed by atoms with E-state index in [1.54, 1.807) is 30.5 Å². The lowest BCUT2D eigenvalue weighted by Gasteiger charge is -2.16. The van der Waals surface area contributed by atoms with Crippen molar-refractivity contribution in [1.82, 2.24) is 10.3 Å². The van der Waals surface area contributed by atoms with E-state index in [2.05, 4.69) is 15.3 Å². The topological polar surface area (TPSA) is 89.7 Å². The van der Waals surface area contributed by atoms with E-state index in [-0.39, 0.29) is 11.4 Å². The second-order valence-corrected chi connectivity index (χ2v) is 4.69. The predicted octanol–water partition coefficient (Wildman–Crippen LogP) is 2.52. The van der Waals surface area contributed by atoms with Crippen molar-refractivity contribution >= 4 is 11.5 Å². The Balaban J connectivity index is 1.97. The van der Waals surface area contributed by atoms with E-state index in [9.17, 15) is 10.1 Å². The number of nitro benzene ring substituents is 1. The first-order chi connectivity index (χ1) is 10.8. The van der Waals surface area contributed by atoms with Crippen LogP contribution in [0.15, 0.2) is 47.6 Å². The van der Waals surface area contributed by atoms with Gasteiger partial charge in [0.15, 0.2) is 0 Å². The Morgan fingerprint density at radius 2 is 2.09 bits per heavy atom. The third-order valence-electron chi connectivity index (χ3n) is 3.19. The van der Waals surface area contributed by atoms with Crippen molar-refractivity contribution in [2.24, 2.45) is 4.99 Å². The summed E-state index contributed by atoms with van der Waals surface area (Å²) in [5, 5.41) is 14.3. The largest absolute Gasteiger partial charge is 0.431 e. The number of nitrogens with one attached hydrogen (secondary N) is 1. The molecule has 0 saturated carbocycles. The third kappa shape index (κ3) is 2.88. The van der Waals surface area contributed by atoms with Crippen molar-refractivity contribution in [2.75, 3.05) is 13.1 Å². The molecule has 7 heteroatoms. The number of hydrogen-bond donors (Lipinski definition) is 1. The highest BCUT2D eigenvalue weighted by atomic mass is 16.6.